The number of hydrogen-bond donors (Lipinski definition) is 4. The van der Waals surface area contributed by atoms with E-state index in [1.807, 2.05) is 26.0 Å². The lowest BCUT2D eigenvalue weighted by Gasteiger charge is -2.27. The van der Waals surface area contributed by atoms with Crippen LogP contribution in [0.15, 0.2) is 80.7 Å². The Morgan fingerprint density at radius 3 is 2.44 bits per heavy atom. The van der Waals surface area contributed by atoms with E-state index in [1.54, 1.807) is 24.3 Å². The second kappa shape index (κ2) is 9.94. The van der Waals surface area contributed by atoms with Crippen LogP contribution in [0.25, 0.3) is 0 Å². The maximum absolute atomic E-state index is 12.0. The van der Waals surface area contributed by atoms with Crippen LogP contribution in [0, 0.1) is 6.92 Å². The highest BCUT2D eigenvalue weighted by Crippen LogP contribution is 2.32. The first-order chi connectivity index (χ1) is 15.2. The standard InChI is InChI=1S/C22H26N4O5S/c1-14-3-5-16(6-4-14)25-26-17-7-8-19(22(12-17)32(28,29)30)24-20-13-21(31-10-9-27)18(23)11-15(20)2/h3-8,11-12,20,24,27H,9-10,13,23H2,1-2H3,(H,28,29,30). The Kier molecular flexibility index (Phi) is 7.29. The van der Waals surface area contributed by atoms with Crippen molar-refractivity contribution in [2.45, 2.75) is 31.2 Å². The average Bonchev–Trinajstić information content (AvgIpc) is 2.74. The van der Waals surface area contributed by atoms with E-state index in [0.29, 0.717) is 23.6 Å². The van der Waals surface area contributed by atoms with Crippen LogP contribution in [-0.2, 0) is 14.9 Å². The second-order valence-corrected chi connectivity index (χ2v) is 8.82. The molecule has 0 radical (unpaired) electrons. The molecule has 0 amide bonds. The maximum atomic E-state index is 12.0. The molecule has 1 unspecified atom stereocenters. The number of aliphatic hydroxyl groups is 1. The summed E-state index contributed by atoms with van der Waals surface area (Å²) in [7, 11) is -4.54. The van der Waals surface area contributed by atoms with Crippen molar-refractivity contribution in [1.82, 2.24) is 0 Å². The van der Waals surface area contributed by atoms with E-state index in [2.05, 4.69) is 15.5 Å². The Morgan fingerprint density at radius 2 is 1.78 bits per heavy atom. The summed E-state index contributed by atoms with van der Waals surface area (Å²) in [6, 6.07) is 11.4. The lowest BCUT2D eigenvalue weighted by Crippen LogP contribution is -2.28. The summed E-state index contributed by atoms with van der Waals surface area (Å²) in [4.78, 5) is -0.314. The second-order valence-electron chi connectivity index (χ2n) is 7.43. The van der Waals surface area contributed by atoms with Crippen molar-refractivity contribution in [3.63, 3.8) is 0 Å². The van der Waals surface area contributed by atoms with Crippen LogP contribution in [0.3, 0.4) is 0 Å². The summed E-state index contributed by atoms with van der Waals surface area (Å²) >= 11 is 0. The molecule has 0 fully saturated rings. The Labute approximate surface area is 187 Å². The molecule has 0 aliphatic heterocycles. The van der Waals surface area contributed by atoms with E-state index >= 15 is 0 Å². The molecular formula is C22H26N4O5S. The molecule has 170 valence electrons. The monoisotopic (exact) mass is 458 g/mol. The van der Waals surface area contributed by atoms with Gasteiger partial charge in [-0.25, -0.2) is 0 Å². The molecular weight excluding hydrogens is 432 g/mol. The van der Waals surface area contributed by atoms with Crippen molar-refractivity contribution in [3.8, 4) is 0 Å². The van der Waals surface area contributed by atoms with E-state index < -0.39 is 10.1 Å². The Hall–Kier alpha value is -3.21. The molecule has 1 aliphatic rings. The summed E-state index contributed by atoms with van der Waals surface area (Å²) in [6.45, 7) is 3.76. The Morgan fingerprint density at radius 1 is 1.12 bits per heavy atom. The lowest BCUT2D eigenvalue weighted by atomic mass is 9.97. The van der Waals surface area contributed by atoms with Crippen LogP contribution in [0.4, 0.5) is 17.1 Å². The number of ether oxygens (including phenoxy) is 1. The number of aliphatic hydroxyl groups excluding tert-OH is 1. The summed E-state index contributed by atoms with van der Waals surface area (Å²) in [5.41, 5.74) is 9.49. The average molecular weight is 459 g/mol. The van der Waals surface area contributed by atoms with Crippen LogP contribution in [-0.4, -0.2) is 37.3 Å². The van der Waals surface area contributed by atoms with Gasteiger partial charge in [0.15, 0.2) is 0 Å². The molecule has 2 aromatic rings. The van der Waals surface area contributed by atoms with Crippen LogP contribution >= 0.6 is 0 Å². The highest BCUT2D eigenvalue weighted by Gasteiger charge is 2.24. The zero-order valence-electron chi connectivity index (χ0n) is 17.8. The van der Waals surface area contributed by atoms with Gasteiger partial charge in [-0.2, -0.15) is 18.6 Å². The summed E-state index contributed by atoms with van der Waals surface area (Å²) in [6.07, 6.45) is 2.08. The van der Waals surface area contributed by atoms with Crippen molar-refractivity contribution >= 4 is 27.2 Å². The number of nitrogens with one attached hydrogen (secondary N) is 1. The maximum Gasteiger partial charge on any atom is 0.296 e. The molecule has 1 atom stereocenters. The molecule has 1 aliphatic carbocycles. The van der Waals surface area contributed by atoms with Crippen LogP contribution in [0.2, 0.25) is 0 Å². The smallest absolute Gasteiger partial charge is 0.296 e. The number of allylic oxidation sites excluding steroid dienone is 1. The summed E-state index contributed by atoms with van der Waals surface area (Å²) < 4.78 is 39.4. The molecule has 5 N–H and O–H groups in total. The number of nitrogens with two attached hydrogens (primary N) is 1. The molecule has 9 nitrogen and oxygen atoms in total. The minimum atomic E-state index is -4.54. The fraction of sp³-hybridized carbons (Fsp3) is 0.273. The predicted molar refractivity (Wildman–Crippen MR) is 122 cm³/mol. The molecule has 0 saturated carbocycles. The molecule has 0 heterocycles. The van der Waals surface area contributed by atoms with Crippen LogP contribution in [0.5, 0.6) is 0 Å². The SMILES string of the molecule is CC1=CC(N)=C(OCCO)CC1Nc1ccc(N=Nc2ccc(C)cc2)cc1S(=O)(=O)O. The van der Waals surface area contributed by atoms with Gasteiger partial charge in [0.05, 0.1) is 35.4 Å². The highest BCUT2D eigenvalue weighted by molar-refractivity contribution is 7.86. The van der Waals surface area contributed by atoms with Gasteiger partial charge in [0, 0.05) is 6.42 Å². The molecule has 3 rings (SSSR count). The number of azo groups is 1. The zero-order valence-corrected chi connectivity index (χ0v) is 18.6. The van der Waals surface area contributed by atoms with Crippen LogP contribution < -0.4 is 11.1 Å². The van der Waals surface area contributed by atoms with Crippen LogP contribution in [0.1, 0.15) is 18.9 Å². The minimum absolute atomic E-state index is 0.104. The molecule has 32 heavy (non-hydrogen) atoms. The first-order valence-corrected chi connectivity index (χ1v) is 11.4. The first kappa shape index (κ1) is 23.5. The number of rotatable bonds is 8. The molecule has 10 heteroatoms. The van der Waals surface area contributed by atoms with Crippen molar-refractivity contribution < 1.29 is 22.8 Å². The Balaban J connectivity index is 1.85. The van der Waals surface area contributed by atoms with Gasteiger partial charge in [-0.05, 0) is 55.8 Å². The van der Waals surface area contributed by atoms with Crippen molar-refractivity contribution in [2.24, 2.45) is 16.0 Å². The van der Waals surface area contributed by atoms with E-state index in [4.69, 9.17) is 15.6 Å². The van der Waals surface area contributed by atoms with Crippen molar-refractivity contribution in [3.05, 3.63) is 71.1 Å². The van der Waals surface area contributed by atoms with Gasteiger partial charge in [0.25, 0.3) is 10.1 Å². The third-order valence-electron chi connectivity index (χ3n) is 4.90. The van der Waals surface area contributed by atoms with Gasteiger partial charge >= 0.3 is 0 Å². The van der Waals surface area contributed by atoms with Gasteiger partial charge in [0.1, 0.15) is 17.3 Å². The quantitative estimate of drug-likeness (QED) is 0.346. The van der Waals surface area contributed by atoms with E-state index in [0.717, 1.165) is 11.1 Å². The van der Waals surface area contributed by atoms with E-state index in [-0.39, 0.29) is 35.5 Å². The van der Waals surface area contributed by atoms with Gasteiger partial charge in [-0.15, -0.1) is 0 Å². The fourth-order valence-electron chi connectivity index (χ4n) is 3.19. The van der Waals surface area contributed by atoms with Gasteiger partial charge < -0.3 is 20.9 Å². The van der Waals surface area contributed by atoms with E-state index in [9.17, 15) is 13.0 Å². The highest BCUT2D eigenvalue weighted by atomic mass is 32.2. The van der Waals surface area contributed by atoms with E-state index in [1.165, 1.54) is 12.1 Å². The predicted octanol–water partition coefficient (Wildman–Crippen LogP) is 3.97. The Bertz CT molecular complexity index is 1170. The topological polar surface area (TPSA) is 147 Å². The van der Waals surface area contributed by atoms with Crippen molar-refractivity contribution in [1.29, 1.82) is 0 Å². The van der Waals surface area contributed by atoms with Gasteiger partial charge in [0.2, 0.25) is 0 Å². The lowest BCUT2D eigenvalue weighted by molar-refractivity contribution is 0.136. The van der Waals surface area contributed by atoms with Gasteiger partial charge in [-0.1, -0.05) is 17.7 Å². The third kappa shape index (κ3) is 5.94. The summed E-state index contributed by atoms with van der Waals surface area (Å²) in [5, 5.41) is 20.3. The number of hydrogen-bond acceptors (Lipinski definition) is 8. The largest absolute Gasteiger partial charge is 0.493 e. The molecule has 0 saturated heterocycles. The molecule has 0 spiro atoms. The third-order valence-corrected chi connectivity index (χ3v) is 5.79. The number of nitrogens with zero attached hydrogens (tertiary/aromatic N) is 2. The molecule has 0 bridgehead atoms. The zero-order chi connectivity index (χ0) is 23.3. The molecule has 2 aromatic carbocycles. The normalized spacial score (nSPS) is 16.9. The van der Waals surface area contributed by atoms with Gasteiger partial charge in [-0.3, -0.25) is 4.55 Å². The number of anilines is 1. The fourth-order valence-corrected chi connectivity index (χ4v) is 3.86. The molecule has 0 aromatic heterocycles. The summed E-state index contributed by atoms with van der Waals surface area (Å²) in [5.74, 6) is 0.499. The minimum Gasteiger partial charge on any atom is -0.493 e. The van der Waals surface area contributed by atoms with Crippen molar-refractivity contribution in [2.75, 3.05) is 18.5 Å². The first-order valence-electron chi connectivity index (χ1n) is 9.94. The number of benzene rings is 2. The number of aryl methyl sites for hydroxylation is 1.